The van der Waals surface area contributed by atoms with Gasteiger partial charge < -0.3 is 10.2 Å². The minimum Gasteiger partial charge on any atom is -0.505 e. The van der Waals surface area contributed by atoms with Crippen LogP contribution < -0.4 is 0 Å². The van der Waals surface area contributed by atoms with E-state index in [2.05, 4.69) is 0 Å². The Morgan fingerprint density at radius 1 is 1.23 bits per heavy atom. The molecule has 0 aliphatic heterocycles. The van der Waals surface area contributed by atoms with Crippen molar-refractivity contribution in [3.63, 3.8) is 0 Å². The molecule has 2 aromatic carbocycles. The van der Waals surface area contributed by atoms with Crippen LogP contribution in [0.15, 0.2) is 36.4 Å². The number of phenols is 1. The van der Waals surface area contributed by atoms with Gasteiger partial charge in [0.2, 0.25) is 0 Å². The first-order chi connectivity index (χ1) is 12.3. The lowest BCUT2D eigenvalue weighted by Crippen LogP contribution is -2.14. The van der Waals surface area contributed by atoms with Gasteiger partial charge in [0.1, 0.15) is 0 Å². The number of benzene rings is 2. The third-order valence-electron chi connectivity index (χ3n) is 4.20. The molecule has 3 rings (SSSR count). The number of hydrogen-bond donors (Lipinski definition) is 2. The lowest BCUT2D eigenvalue weighted by Gasteiger charge is -2.08. The van der Waals surface area contributed by atoms with Gasteiger partial charge in [-0.1, -0.05) is 0 Å². The number of nitrogens with zero attached hydrogens (tertiary/aromatic N) is 2. The highest BCUT2D eigenvalue weighted by molar-refractivity contribution is 6.05. The summed E-state index contributed by atoms with van der Waals surface area (Å²) in [5.74, 6) is -3.13. The molecule has 1 aromatic heterocycles. The first-order valence-electron chi connectivity index (χ1n) is 7.62. The Morgan fingerprint density at radius 2 is 1.88 bits per heavy atom. The lowest BCUT2D eigenvalue weighted by atomic mass is 10.1. The summed E-state index contributed by atoms with van der Waals surface area (Å²) in [5.41, 5.74) is 1.49. The largest absolute Gasteiger partial charge is 0.505 e. The summed E-state index contributed by atoms with van der Waals surface area (Å²) in [6.07, 6.45) is -0.374. The van der Waals surface area contributed by atoms with Gasteiger partial charge in [0.05, 0.1) is 23.6 Å². The maximum Gasteiger partial charge on any atom is 0.307 e. The predicted octanol–water partition coefficient (Wildman–Crippen LogP) is 2.98. The molecular weight excluding hydrogens is 339 g/mol. The molecule has 0 saturated heterocycles. The summed E-state index contributed by atoms with van der Waals surface area (Å²) in [6, 6.07) is 9.99. The number of rotatable bonds is 3. The topological polar surface area (TPSA) is 103 Å². The van der Waals surface area contributed by atoms with Crippen LogP contribution in [0.2, 0.25) is 0 Å². The van der Waals surface area contributed by atoms with E-state index in [1.165, 1.54) is 28.8 Å². The number of carboxylic acid groups (broad SMARTS) is 1. The van der Waals surface area contributed by atoms with E-state index in [0.717, 1.165) is 12.1 Å². The van der Waals surface area contributed by atoms with Crippen molar-refractivity contribution in [1.29, 1.82) is 5.26 Å². The van der Waals surface area contributed by atoms with Crippen LogP contribution in [0.25, 0.3) is 10.9 Å². The first-order valence-corrected chi connectivity index (χ1v) is 7.62. The molecule has 0 radical (unpaired) electrons. The fraction of sp³-hybridized carbons (Fsp3) is 0.105. The molecule has 1 heterocycles. The number of carboxylic acids is 1. The van der Waals surface area contributed by atoms with Crippen LogP contribution in [-0.2, 0) is 11.2 Å². The van der Waals surface area contributed by atoms with Crippen LogP contribution in [0.5, 0.6) is 5.75 Å². The Hall–Kier alpha value is -3.66. The van der Waals surface area contributed by atoms with E-state index in [9.17, 15) is 19.1 Å². The van der Waals surface area contributed by atoms with E-state index in [4.69, 9.17) is 10.4 Å². The molecule has 0 aliphatic carbocycles. The van der Waals surface area contributed by atoms with Crippen molar-refractivity contribution in [2.45, 2.75) is 13.3 Å². The van der Waals surface area contributed by atoms with Gasteiger partial charge in [0.25, 0.3) is 5.91 Å². The second-order valence-electron chi connectivity index (χ2n) is 5.78. The maximum absolute atomic E-state index is 13.9. The summed E-state index contributed by atoms with van der Waals surface area (Å²) in [4.78, 5) is 24.1. The number of carbonyl (C=O) groups is 2. The lowest BCUT2D eigenvalue weighted by molar-refractivity contribution is -0.136. The number of carbonyl (C=O) groups excluding carboxylic acids is 1. The number of fused-ring (bicyclic) bond motifs is 1. The van der Waals surface area contributed by atoms with Gasteiger partial charge in [-0.25, -0.2) is 4.39 Å². The van der Waals surface area contributed by atoms with Crippen molar-refractivity contribution in [2.75, 3.05) is 0 Å². The van der Waals surface area contributed by atoms with E-state index in [1.54, 1.807) is 6.92 Å². The van der Waals surface area contributed by atoms with Crippen molar-refractivity contribution < 1.29 is 24.2 Å². The molecule has 3 aromatic rings. The number of hydrogen-bond acceptors (Lipinski definition) is 4. The van der Waals surface area contributed by atoms with Crippen LogP contribution in [0.1, 0.15) is 27.2 Å². The number of aromatic hydroxyl groups is 1. The van der Waals surface area contributed by atoms with Gasteiger partial charge in [-0.2, -0.15) is 5.26 Å². The molecule has 26 heavy (non-hydrogen) atoms. The molecular formula is C19H13FN2O4. The maximum atomic E-state index is 13.9. The Kier molecular flexibility index (Phi) is 4.18. The third-order valence-corrected chi connectivity index (χ3v) is 4.20. The number of aliphatic carboxylic acids is 1. The fourth-order valence-corrected chi connectivity index (χ4v) is 2.94. The molecule has 0 saturated carbocycles. The Labute approximate surface area is 147 Å². The van der Waals surface area contributed by atoms with Crippen LogP contribution >= 0.6 is 0 Å². The van der Waals surface area contributed by atoms with Gasteiger partial charge in [-0.3, -0.25) is 14.2 Å². The van der Waals surface area contributed by atoms with E-state index >= 15 is 0 Å². The fourth-order valence-electron chi connectivity index (χ4n) is 2.94. The molecule has 0 unspecified atom stereocenters. The second kappa shape index (κ2) is 6.33. The van der Waals surface area contributed by atoms with Crippen molar-refractivity contribution in [3.8, 4) is 11.8 Å². The highest BCUT2D eigenvalue weighted by atomic mass is 19.1. The molecule has 0 bridgehead atoms. The molecule has 0 amide bonds. The summed E-state index contributed by atoms with van der Waals surface area (Å²) in [6.45, 7) is 1.56. The number of nitriles is 1. The second-order valence-corrected chi connectivity index (χ2v) is 5.78. The molecule has 2 N–H and O–H groups in total. The SMILES string of the molecule is Cc1c(CC(=O)O)c2cc(O)c(F)cc2n1C(=O)c1ccc(C#N)cc1. The van der Waals surface area contributed by atoms with E-state index in [-0.39, 0.29) is 17.5 Å². The Morgan fingerprint density at radius 3 is 2.46 bits per heavy atom. The van der Waals surface area contributed by atoms with Gasteiger partial charge in [-0.15, -0.1) is 0 Å². The van der Waals surface area contributed by atoms with Gasteiger partial charge in [-0.05, 0) is 42.8 Å². The zero-order chi connectivity index (χ0) is 19.0. The Balaban J connectivity index is 2.25. The number of phenolic OH excluding ortho intramolecular Hbond substituents is 1. The number of halogens is 1. The monoisotopic (exact) mass is 352 g/mol. The first kappa shape index (κ1) is 17.2. The van der Waals surface area contributed by atoms with Crippen molar-refractivity contribution in [3.05, 3.63) is 64.6 Å². The standard InChI is InChI=1S/C19H13FN2O4/c1-10-13(7-18(24)25)14-6-17(23)15(20)8-16(14)22(10)19(26)12-4-2-11(9-21)3-5-12/h2-6,8,23H,7H2,1H3,(H,24,25). The zero-order valence-corrected chi connectivity index (χ0v) is 13.7. The van der Waals surface area contributed by atoms with Crippen molar-refractivity contribution >= 4 is 22.8 Å². The smallest absolute Gasteiger partial charge is 0.307 e. The minimum absolute atomic E-state index is 0.170. The zero-order valence-electron chi connectivity index (χ0n) is 13.7. The average Bonchev–Trinajstić information content (AvgIpc) is 2.86. The highest BCUT2D eigenvalue weighted by Crippen LogP contribution is 2.32. The van der Waals surface area contributed by atoms with Crippen LogP contribution in [0.3, 0.4) is 0 Å². The molecule has 0 spiro atoms. The number of aromatic nitrogens is 1. The molecule has 7 heteroatoms. The van der Waals surface area contributed by atoms with E-state index in [1.807, 2.05) is 6.07 Å². The quantitative estimate of drug-likeness (QED) is 0.754. The minimum atomic E-state index is -1.11. The van der Waals surface area contributed by atoms with E-state index < -0.39 is 23.4 Å². The summed E-state index contributed by atoms with van der Waals surface area (Å²) in [7, 11) is 0. The van der Waals surface area contributed by atoms with Crippen molar-refractivity contribution in [1.82, 2.24) is 4.57 Å². The Bertz CT molecular complexity index is 1090. The summed E-state index contributed by atoms with van der Waals surface area (Å²) >= 11 is 0. The molecule has 0 atom stereocenters. The van der Waals surface area contributed by atoms with Crippen LogP contribution in [0.4, 0.5) is 4.39 Å². The van der Waals surface area contributed by atoms with Gasteiger partial charge in [0, 0.05) is 22.7 Å². The van der Waals surface area contributed by atoms with Crippen molar-refractivity contribution in [2.24, 2.45) is 0 Å². The van der Waals surface area contributed by atoms with Crippen LogP contribution in [0, 0.1) is 24.1 Å². The summed E-state index contributed by atoms with van der Waals surface area (Å²) in [5, 5.41) is 27.9. The van der Waals surface area contributed by atoms with E-state index in [0.29, 0.717) is 22.2 Å². The highest BCUT2D eigenvalue weighted by Gasteiger charge is 2.23. The van der Waals surface area contributed by atoms with Gasteiger partial charge >= 0.3 is 5.97 Å². The molecule has 6 nitrogen and oxygen atoms in total. The normalized spacial score (nSPS) is 10.7. The molecule has 130 valence electrons. The molecule has 0 fully saturated rings. The van der Waals surface area contributed by atoms with Gasteiger partial charge in [0.15, 0.2) is 11.6 Å². The third kappa shape index (κ3) is 2.78. The predicted molar refractivity (Wildman–Crippen MR) is 90.5 cm³/mol. The van der Waals surface area contributed by atoms with Crippen LogP contribution in [-0.4, -0.2) is 26.7 Å². The average molecular weight is 352 g/mol. The summed E-state index contributed by atoms with van der Waals surface area (Å²) < 4.78 is 15.1. The molecule has 0 aliphatic rings.